The van der Waals surface area contributed by atoms with Crippen LogP contribution in [0.1, 0.15) is 23.8 Å². The summed E-state index contributed by atoms with van der Waals surface area (Å²) in [4.78, 5) is 9.74. The average Bonchev–Trinajstić information content (AvgIpc) is 3.28. The molecule has 0 radical (unpaired) electrons. The average molecular weight is 418 g/mol. The monoisotopic (exact) mass is 418 g/mol. The highest BCUT2D eigenvalue weighted by Gasteiger charge is 2.31. The van der Waals surface area contributed by atoms with Crippen LogP contribution in [0.5, 0.6) is 11.5 Å². The van der Waals surface area contributed by atoms with Gasteiger partial charge in [0.2, 0.25) is 5.90 Å². The van der Waals surface area contributed by atoms with E-state index in [0.29, 0.717) is 23.6 Å². The first kappa shape index (κ1) is 19.7. The van der Waals surface area contributed by atoms with Gasteiger partial charge in [-0.25, -0.2) is 0 Å². The van der Waals surface area contributed by atoms with Gasteiger partial charge in [-0.05, 0) is 42.8 Å². The van der Waals surface area contributed by atoms with Gasteiger partial charge in [-0.15, -0.1) is 13.2 Å². The fraction of sp³-hybridized carbons (Fsp3) is 0.250. The molecule has 0 N–H and O–H groups in total. The lowest BCUT2D eigenvalue weighted by Gasteiger charge is -2.11. The van der Waals surface area contributed by atoms with Crippen molar-refractivity contribution in [3.63, 3.8) is 0 Å². The number of aryl methyl sites for hydroxylation is 2. The number of nitrogens with zero attached hydrogens (tertiary/aromatic N) is 4. The number of pyridine rings is 1. The first-order valence-electron chi connectivity index (χ1n) is 9.00. The zero-order chi connectivity index (χ0) is 21.3. The van der Waals surface area contributed by atoms with Gasteiger partial charge in [0.1, 0.15) is 11.5 Å². The molecule has 30 heavy (non-hydrogen) atoms. The van der Waals surface area contributed by atoms with Crippen LogP contribution in [-0.4, -0.2) is 27.0 Å². The van der Waals surface area contributed by atoms with Crippen LogP contribution in [0.2, 0.25) is 0 Å². The molecule has 0 bridgehead atoms. The lowest BCUT2D eigenvalue weighted by Crippen LogP contribution is -2.17. The number of alkyl halides is 3. The van der Waals surface area contributed by atoms with E-state index in [1.54, 1.807) is 16.9 Å². The van der Waals surface area contributed by atoms with E-state index in [-0.39, 0.29) is 5.75 Å². The maximum Gasteiger partial charge on any atom is 0.573 e. The predicted molar refractivity (Wildman–Crippen MR) is 101 cm³/mol. The number of benzene rings is 1. The lowest BCUT2D eigenvalue weighted by atomic mass is 10.1. The van der Waals surface area contributed by atoms with Crippen LogP contribution in [0.3, 0.4) is 0 Å². The molecule has 1 aromatic carbocycles. The summed E-state index contributed by atoms with van der Waals surface area (Å²) in [5.41, 5.74) is 3.20. The van der Waals surface area contributed by atoms with E-state index in [9.17, 15) is 13.2 Å². The number of rotatable bonds is 4. The van der Waals surface area contributed by atoms with Gasteiger partial charge in [-0.1, -0.05) is 17.3 Å². The third kappa shape index (κ3) is 4.53. The summed E-state index contributed by atoms with van der Waals surface area (Å²) >= 11 is 0. The molecule has 0 unspecified atom stereocenters. The molecule has 0 fully saturated rings. The van der Waals surface area contributed by atoms with Crippen LogP contribution >= 0.6 is 0 Å². The normalized spacial score (nSPS) is 16.2. The minimum atomic E-state index is -4.73. The molecule has 4 rings (SSSR count). The Bertz CT molecular complexity index is 1060. The summed E-state index contributed by atoms with van der Waals surface area (Å²) in [6, 6.07) is 11.0. The molecule has 1 aliphatic heterocycles. The van der Waals surface area contributed by atoms with Gasteiger partial charge in [0.15, 0.2) is 6.10 Å². The third-order valence-electron chi connectivity index (χ3n) is 4.36. The standard InChI is InChI=1S/C20H17F3N4O3/c1-12-9-17(27(2)25-12)16-8-7-15(11-24-16)28-19-10-18(30-26-19)13-3-5-14(6-4-13)29-20(21,22)23/h3-9,11,18H,10H2,1-2H3/t18-/m1/s1. The second-order valence-corrected chi connectivity index (χ2v) is 6.68. The number of hydrogen-bond donors (Lipinski definition) is 0. The Morgan fingerprint density at radius 3 is 2.43 bits per heavy atom. The molecule has 0 spiro atoms. The summed E-state index contributed by atoms with van der Waals surface area (Å²) < 4.78 is 48.1. The second kappa shape index (κ2) is 7.69. The van der Waals surface area contributed by atoms with Crippen molar-refractivity contribution < 1.29 is 27.5 Å². The van der Waals surface area contributed by atoms with E-state index in [1.807, 2.05) is 26.1 Å². The van der Waals surface area contributed by atoms with Crippen molar-refractivity contribution >= 4 is 5.90 Å². The fourth-order valence-corrected chi connectivity index (χ4v) is 3.06. The predicted octanol–water partition coefficient (Wildman–Crippen LogP) is 4.54. The number of oxime groups is 1. The van der Waals surface area contributed by atoms with Crippen LogP contribution in [0.4, 0.5) is 13.2 Å². The Labute approximate surface area is 169 Å². The van der Waals surface area contributed by atoms with Crippen LogP contribution in [-0.2, 0) is 11.9 Å². The molecule has 1 atom stereocenters. The summed E-state index contributed by atoms with van der Waals surface area (Å²) in [5, 5.41) is 8.21. The van der Waals surface area contributed by atoms with Crippen molar-refractivity contribution in [2.75, 3.05) is 0 Å². The highest BCUT2D eigenvalue weighted by Crippen LogP contribution is 2.31. The maximum atomic E-state index is 12.3. The van der Waals surface area contributed by atoms with Crippen molar-refractivity contribution in [2.45, 2.75) is 25.8 Å². The first-order chi connectivity index (χ1) is 14.3. The second-order valence-electron chi connectivity index (χ2n) is 6.68. The van der Waals surface area contributed by atoms with Crippen molar-refractivity contribution in [3.8, 4) is 22.9 Å². The Kier molecular flexibility index (Phi) is 5.06. The largest absolute Gasteiger partial charge is 0.573 e. The number of halogens is 3. The van der Waals surface area contributed by atoms with Gasteiger partial charge < -0.3 is 14.3 Å². The molecule has 7 nitrogen and oxygen atoms in total. The summed E-state index contributed by atoms with van der Waals surface area (Å²) in [6.45, 7) is 1.91. The van der Waals surface area contributed by atoms with E-state index < -0.39 is 12.5 Å². The molecular weight excluding hydrogens is 401 g/mol. The van der Waals surface area contributed by atoms with Crippen LogP contribution in [0.15, 0.2) is 53.8 Å². The van der Waals surface area contributed by atoms with Crippen LogP contribution < -0.4 is 9.47 Å². The highest BCUT2D eigenvalue weighted by atomic mass is 19.4. The Hall–Kier alpha value is -3.56. The molecule has 10 heteroatoms. The topological polar surface area (TPSA) is 70.8 Å². The Morgan fingerprint density at radius 2 is 1.83 bits per heavy atom. The molecule has 0 amide bonds. The summed E-state index contributed by atoms with van der Waals surface area (Å²) in [5.74, 6) is 0.549. The molecule has 1 aliphatic rings. The van der Waals surface area contributed by atoms with Gasteiger partial charge in [0, 0.05) is 7.05 Å². The van der Waals surface area contributed by atoms with Gasteiger partial charge in [-0.3, -0.25) is 9.67 Å². The van der Waals surface area contributed by atoms with Gasteiger partial charge in [-0.2, -0.15) is 5.10 Å². The zero-order valence-corrected chi connectivity index (χ0v) is 16.1. The smallest absolute Gasteiger partial charge is 0.438 e. The van der Waals surface area contributed by atoms with Crippen molar-refractivity contribution in [1.29, 1.82) is 0 Å². The molecule has 0 saturated carbocycles. The highest BCUT2D eigenvalue weighted by molar-refractivity contribution is 5.79. The van der Waals surface area contributed by atoms with E-state index in [2.05, 4.69) is 20.0 Å². The van der Waals surface area contributed by atoms with Gasteiger partial charge >= 0.3 is 6.36 Å². The van der Waals surface area contributed by atoms with E-state index in [1.165, 1.54) is 24.3 Å². The van der Waals surface area contributed by atoms with Crippen molar-refractivity contribution in [3.05, 3.63) is 59.9 Å². The van der Waals surface area contributed by atoms with Gasteiger partial charge in [0.05, 0.1) is 29.7 Å². The summed E-state index contributed by atoms with van der Waals surface area (Å²) in [7, 11) is 1.85. The molecular formula is C20H17F3N4O3. The third-order valence-corrected chi connectivity index (χ3v) is 4.36. The summed E-state index contributed by atoms with van der Waals surface area (Å²) in [6.07, 6.45) is -3.27. The molecule has 156 valence electrons. The quantitative estimate of drug-likeness (QED) is 0.622. The minimum Gasteiger partial charge on any atom is -0.438 e. The zero-order valence-electron chi connectivity index (χ0n) is 16.1. The number of aromatic nitrogens is 3. The molecule has 0 saturated heterocycles. The Morgan fingerprint density at radius 1 is 1.10 bits per heavy atom. The van der Waals surface area contributed by atoms with Gasteiger partial charge in [0.25, 0.3) is 0 Å². The first-order valence-corrected chi connectivity index (χ1v) is 9.00. The fourth-order valence-electron chi connectivity index (χ4n) is 3.06. The molecule has 3 aromatic rings. The Balaban J connectivity index is 1.36. The molecule has 2 aromatic heterocycles. The van der Waals surface area contributed by atoms with Crippen molar-refractivity contribution in [1.82, 2.24) is 14.8 Å². The van der Waals surface area contributed by atoms with Crippen LogP contribution in [0.25, 0.3) is 11.4 Å². The lowest BCUT2D eigenvalue weighted by molar-refractivity contribution is -0.274. The number of hydrogen-bond acceptors (Lipinski definition) is 6. The van der Waals surface area contributed by atoms with E-state index in [0.717, 1.165) is 17.1 Å². The molecule has 0 aliphatic carbocycles. The van der Waals surface area contributed by atoms with E-state index >= 15 is 0 Å². The maximum absolute atomic E-state index is 12.3. The molecule has 3 heterocycles. The van der Waals surface area contributed by atoms with Crippen LogP contribution in [0, 0.1) is 6.92 Å². The van der Waals surface area contributed by atoms with Crippen molar-refractivity contribution in [2.24, 2.45) is 12.2 Å². The van der Waals surface area contributed by atoms with E-state index in [4.69, 9.17) is 9.57 Å². The number of ether oxygens (including phenoxy) is 2. The SMILES string of the molecule is Cc1cc(-c2ccc(OC3=NO[C@@H](c4ccc(OC(F)(F)F)cc4)C3)cn2)n(C)n1. The minimum absolute atomic E-state index is 0.295.